The average Bonchev–Trinajstić information content (AvgIpc) is 3.23. The molecule has 1 N–H and O–H groups in total. The van der Waals surface area contributed by atoms with Crippen molar-refractivity contribution in [1.29, 1.82) is 5.26 Å². The van der Waals surface area contributed by atoms with Crippen LogP contribution in [-0.2, 0) is 4.79 Å². The SMILES string of the molecule is CC1(C)Oc2ccc(C#N)cc2[C@H](N2CCN(C(=O)c3ccco3)CC2=O)[C@H]1O. The molecule has 150 valence electrons. The Kier molecular flexibility index (Phi) is 4.55. The lowest BCUT2D eigenvalue weighted by Gasteiger charge is -2.48. The lowest BCUT2D eigenvalue weighted by atomic mass is 9.84. The van der Waals surface area contributed by atoms with E-state index in [4.69, 9.17) is 9.15 Å². The number of carbonyl (C=O) groups is 2. The maximum Gasteiger partial charge on any atom is 0.290 e. The Labute approximate surface area is 167 Å². The maximum atomic E-state index is 13.0. The molecule has 1 saturated heterocycles. The number of carbonyl (C=O) groups excluding carboxylic acids is 2. The van der Waals surface area contributed by atoms with Crippen LogP contribution in [0.3, 0.4) is 0 Å². The summed E-state index contributed by atoms with van der Waals surface area (Å²) >= 11 is 0. The molecule has 8 heteroatoms. The lowest BCUT2D eigenvalue weighted by molar-refractivity contribution is -0.149. The van der Waals surface area contributed by atoms with Gasteiger partial charge >= 0.3 is 0 Å². The number of aliphatic hydroxyl groups excluding tert-OH is 1. The molecule has 29 heavy (non-hydrogen) atoms. The third kappa shape index (κ3) is 3.23. The van der Waals surface area contributed by atoms with Crippen molar-refractivity contribution in [2.24, 2.45) is 0 Å². The molecule has 0 spiro atoms. The highest BCUT2D eigenvalue weighted by atomic mass is 16.5. The van der Waals surface area contributed by atoms with E-state index in [-0.39, 0.29) is 30.7 Å². The Balaban J connectivity index is 1.63. The molecule has 0 bridgehead atoms. The molecular weight excluding hydrogens is 374 g/mol. The molecule has 1 fully saturated rings. The van der Waals surface area contributed by atoms with Crippen molar-refractivity contribution in [1.82, 2.24) is 9.80 Å². The molecule has 3 heterocycles. The fourth-order valence-corrected chi connectivity index (χ4v) is 3.88. The zero-order valence-corrected chi connectivity index (χ0v) is 16.2. The van der Waals surface area contributed by atoms with Crippen molar-refractivity contribution >= 4 is 11.8 Å². The largest absolute Gasteiger partial charge is 0.485 e. The van der Waals surface area contributed by atoms with Gasteiger partial charge < -0.3 is 24.1 Å². The minimum absolute atomic E-state index is 0.114. The van der Waals surface area contributed by atoms with Crippen molar-refractivity contribution in [3.63, 3.8) is 0 Å². The normalized spacial score (nSPS) is 23.2. The highest BCUT2D eigenvalue weighted by Gasteiger charge is 2.48. The molecule has 2 atom stereocenters. The van der Waals surface area contributed by atoms with E-state index in [1.807, 2.05) is 0 Å². The zero-order valence-electron chi connectivity index (χ0n) is 16.2. The van der Waals surface area contributed by atoms with Crippen molar-refractivity contribution < 1.29 is 23.8 Å². The quantitative estimate of drug-likeness (QED) is 0.830. The second kappa shape index (κ2) is 6.94. The lowest BCUT2D eigenvalue weighted by Crippen LogP contribution is -2.59. The number of benzene rings is 1. The number of hydrogen-bond acceptors (Lipinski definition) is 6. The van der Waals surface area contributed by atoms with Crippen LogP contribution in [0.4, 0.5) is 0 Å². The third-order valence-corrected chi connectivity index (χ3v) is 5.45. The fraction of sp³-hybridized carbons (Fsp3) is 0.381. The second-order valence-electron chi connectivity index (χ2n) is 7.75. The number of furan rings is 1. The van der Waals surface area contributed by atoms with Crippen LogP contribution in [0.15, 0.2) is 41.0 Å². The van der Waals surface area contributed by atoms with Gasteiger partial charge in [0.15, 0.2) is 5.76 Å². The number of amides is 2. The van der Waals surface area contributed by atoms with Crippen molar-refractivity contribution in [2.75, 3.05) is 19.6 Å². The predicted octanol–water partition coefficient (Wildman–Crippen LogP) is 1.71. The van der Waals surface area contributed by atoms with Gasteiger partial charge in [-0.25, -0.2) is 0 Å². The van der Waals surface area contributed by atoms with Crippen LogP contribution in [0.2, 0.25) is 0 Å². The summed E-state index contributed by atoms with van der Waals surface area (Å²) in [6.07, 6.45) is 0.412. The van der Waals surface area contributed by atoms with Crippen molar-refractivity contribution in [3.8, 4) is 11.8 Å². The summed E-state index contributed by atoms with van der Waals surface area (Å²) in [5.74, 6) is 0.0860. The van der Waals surface area contributed by atoms with E-state index in [2.05, 4.69) is 6.07 Å². The molecule has 8 nitrogen and oxygen atoms in total. The first-order valence-corrected chi connectivity index (χ1v) is 9.35. The highest BCUT2D eigenvalue weighted by molar-refractivity contribution is 5.95. The molecule has 0 unspecified atom stereocenters. The number of fused-ring (bicyclic) bond motifs is 1. The van der Waals surface area contributed by atoms with E-state index in [0.717, 1.165) is 0 Å². The molecule has 0 saturated carbocycles. The van der Waals surface area contributed by atoms with E-state index in [1.54, 1.807) is 49.1 Å². The van der Waals surface area contributed by atoms with Gasteiger partial charge in [-0.3, -0.25) is 9.59 Å². The molecule has 2 aliphatic rings. The van der Waals surface area contributed by atoms with Crippen LogP contribution in [-0.4, -0.2) is 58.1 Å². The molecule has 0 aliphatic carbocycles. The molecule has 4 rings (SSSR count). The van der Waals surface area contributed by atoms with Crippen LogP contribution in [0.5, 0.6) is 5.75 Å². The summed E-state index contributed by atoms with van der Waals surface area (Å²) in [4.78, 5) is 28.5. The number of piperazine rings is 1. The highest BCUT2D eigenvalue weighted by Crippen LogP contribution is 2.43. The summed E-state index contributed by atoms with van der Waals surface area (Å²) in [7, 11) is 0. The van der Waals surface area contributed by atoms with Crippen molar-refractivity contribution in [3.05, 3.63) is 53.5 Å². The van der Waals surface area contributed by atoms with Crippen LogP contribution in [0, 0.1) is 11.3 Å². The maximum absolute atomic E-state index is 13.0. The van der Waals surface area contributed by atoms with E-state index in [9.17, 15) is 20.0 Å². The first kappa shape index (κ1) is 19.0. The van der Waals surface area contributed by atoms with Crippen LogP contribution in [0.1, 0.15) is 41.6 Å². The molecule has 2 aromatic rings. The van der Waals surface area contributed by atoms with E-state index >= 15 is 0 Å². The topological polar surface area (TPSA) is 107 Å². The zero-order chi connectivity index (χ0) is 20.8. The van der Waals surface area contributed by atoms with Gasteiger partial charge in [0, 0.05) is 18.7 Å². The van der Waals surface area contributed by atoms with E-state index in [0.29, 0.717) is 23.4 Å². The number of hydrogen-bond donors (Lipinski definition) is 1. The van der Waals surface area contributed by atoms with Gasteiger partial charge in [0.2, 0.25) is 5.91 Å². The number of nitriles is 1. The van der Waals surface area contributed by atoms with Crippen LogP contribution in [0.25, 0.3) is 0 Å². The Hall–Kier alpha value is -3.31. The Morgan fingerprint density at radius 2 is 2.10 bits per heavy atom. The third-order valence-electron chi connectivity index (χ3n) is 5.45. The first-order valence-electron chi connectivity index (χ1n) is 9.35. The fourth-order valence-electron chi connectivity index (χ4n) is 3.88. The van der Waals surface area contributed by atoms with Gasteiger partial charge in [0.25, 0.3) is 5.91 Å². The Bertz CT molecular complexity index is 992. The number of rotatable bonds is 2. The monoisotopic (exact) mass is 395 g/mol. The van der Waals surface area contributed by atoms with Gasteiger partial charge in [-0.05, 0) is 44.2 Å². The standard InChI is InChI=1S/C21H21N3O5/c1-21(2)19(26)18(14-10-13(11-22)5-6-15(14)29-21)24-8-7-23(12-17(24)25)20(27)16-4-3-9-28-16/h3-6,9-10,18-19,26H,7-8,12H2,1-2H3/t18-,19+/m0/s1. The van der Waals surface area contributed by atoms with E-state index in [1.165, 1.54) is 11.2 Å². The molecule has 2 amide bonds. The minimum atomic E-state index is -1.000. The summed E-state index contributed by atoms with van der Waals surface area (Å²) in [5.41, 5.74) is 0.0890. The second-order valence-corrected chi connectivity index (χ2v) is 7.75. The molecular formula is C21H21N3O5. The molecule has 0 radical (unpaired) electrons. The van der Waals surface area contributed by atoms with Gasteiger partial charge in [-0.15, -0.1) is 0 Å². The van der Waals surface area contributed by atoms with Gasteiger partial charge in [0.05, 0.1) is 23.9 Å². The smallest absolute Gasteiger partial charge is 0.290 e. The van der Waals surface area contributed by atoms with Gasteiger partial charge in [-0.1, -0.05) is 0 Å². The Morgan fingerprint density at radius 3 is 2.76 bits per heavy atom. The Morgan fingerprint density at radius 1 is 1.31 bits per heavy atom. The summed E-state index contributed by atoms with van der Waals surface area (Å²) in [5, 5.41) is 20.3. The molecule has 2 aliphatic heterocycles. The van der Waals surface area contributed by atoms with Gasteiger partial charge in [-0.2, -0.15) is 5.26 Å². The molecule has 1 aromatic carbocycles. The van der Waals surface area contributed by atoms with Crippen LogP contribution < -0.4 is 4.74 Å². The van der Waals surface area contributed by atoms with Gasteiger partial charge in [0.1, 0.15) is 24.0 Å². The minimum Gasteiger partial charge on any atom is -0.485 e. The first-order chi connectivity index (χ1) is 13.8. The molecule has 1 aromatic heterocycles. The summed E-state index contributed by atoms with van der Waals surface area (Å²) in [6, 6.07) is 9.57. The average molecular weight is 395 g/mol. The van der Waals surface area contributed by atoms with E-state index < -0.39 is 17.7 Å². The summed E-state index contributed by atoms with van der Waals surface area (Å²) < 4.78 is 11.1. The number of nitrogens with zero attached hydrogens (tertiary/aromatic N) is 3. The number of aliphatic hydroxyl groups is 1. The summed E-state index contributed by atoms with van der Waals surface area (Å²) in [6.45, 7) is 3.96. The van der Waals surface area contributed by atoms with Crippen molar-refractivity contribution in [2.45, 2.75) is 31.6 Å². The number of ether oxygens (including phenoxy) is 1. The van der Waals surface area contributed by atoms with Crippen LogP contribution >= 0.6 is 0 Å². The predicted molar refractivity (Wildman–Crippen MR) is 101 cm³/mol.